The van der Waals surface area contributed by atoms with Crippen molar-refractivity contribution in [3.05, 3.63) is 28.5 Å². The highest BCUT2D eigenvalue weighted by Gasteiger charge is 2.25. The van der Waals surface area contributed by atoms with E-state index in [1.807, 2.05) is 0 Å². The van der Waals surface area contributed by atoms with Crippen molar-refractivity contribution in [2.24, 2.45) is 5.92 Å². The average molecular weight is 370 g/mol. The van der Waals surface area contributed by atoms with Gasteiger partial charge in [-0.1, -0.05) is 42.1 Å². The van der Waals surface area contributed by atoms with Crippen LogP contribution >= 0.6 is 27.5 Å². The number of halogens is 2. The van der Waals surface area contributed by atoms with Crippen LogP contribution in [0.5, 0.6) is 0 Å². The van der Waals surface area contributed by atoms with Crippen molar-refractivity contribution in [3.8, 4) is 0 Å². The smallest absolute Gasteiger partial charge is 0.111 e. The zero-order valence-electron chi connectivity index (χ0n) is 12.5. The molecule has 21 heavy (non-hydrogen) atoms. The standard InChI is InChI=1S/C17H22BrClN2/c1-2-12-4-3-5-14(10-12)21-16-11-13(18)6-7-15(16)20-17(21)8-9-19/h6-7,11-12,14H,2-5,8-10H2,1H3. The summed E-state index contributed by atoms with van der Waals surface area (Å²) in [7, 11) is 0. The number of aromatic nitrogens is 2. The number of benzene rings is 1. The lowest BCUT2D eigenvalue weighted by Gasteiger charge is -2.31. The second-order valence-electron chi connectivity index (χ2n) is 6.06. The van der Waals surface area contributed by atoms with Gasteiger partial charge in [0.05, 0.1) is 11.0 Å². The van der Waals surface area contributed by atoms with Crippen molar-refractivity contribution >= 4 is 38.6 Å². The molecule has 114 valence electrons. The first kappa shape index (κ1) is 15.4. The van der Waals surface area contributed by atoms with Gasteiger partial charge in [0.2, 0.25) is 0 Å². The molecule has 0 spiro atoms. The molecule has 0 amide bonds. The van der Waals surface area contributed by atoms with E-state index in [9.17, 15) is 0 Å². The van der Waals surface area contributed by atoms with E-state index in [0.717, 1.165) is 28.2 Å². The third kappa shape index (κ3) is 3.14. The molecule has 2 aromatic rings. The summed E-state index contributed by atoms with van der Waals surface area (Å²) < 4.78 is 3.60. The van der Waals surface area contributed by atoms with E-state index < -0.39 is 0 Å². The summed E-state index contributed by atoms with van der Waals surface area (Å²) in [6.07, 6.45) is 7.40. The van der Waals surface area contributed by atoms with Crippen LogP contribution in [0.4, 0.5) is 0 Å². The summed E-state index contributed by atoms with van der Waals surface area (Å²) in [4.78, 5) is 4.83. The van der Waals surface area contributed by atoms with E-state index in [1.165, 1.54) is 37.6 Å². The monoisotopic (exact) mass is 368 g/mol. The fourth-order valence-electron chi connectivity index (χ4n) is 3.65. The zero-order chi connectivity index (χ0) is 14.8. The maximum Gasteiger partial charge on any atom is 0.111 e. The van der Waals surface area contributed by atoms with Crippen molar-refractivity contribution < 1.29 is 0 Å². The quantitative estimate of drug-likeness (QED) is 0.630. The second-order valence-corrected chi connectivity index (χ2v) is 7.36. The number of alkyl halides is 1. The van der Waals surface area contributed by atoms with Crippen LogP contribution in [0.1, 0.15) is 50.9 Å². The van der Waals surface area contributed by atoms with Gasteiger partial charge in [-0.15, -0.1) is 11.6 Å². The van der Waals surface area contributed by atoms with Crippen LogP contribution in [-0.4, -0.2) is 15.4 Å². The Labute approximate surface area is 140 Å². The minimum atomic E-state index is 0.584. The van der Waals surface area contributed by atoms with Crippen LogP contribution in [-0.2, 0) is 6.42 Å². The number of imidazole rings is 1. The van der Waals surface area contributed by atoms with Crippen molar-refractivity contribution in [1.29, 1.82) is 0 Å². The first-order valence-electron chi connectivity index (χ1n) is 7.95. The molecule has 0 saturated heterocycles. The van der Waals surface area contributed by atoms with Crippen LogP contribution in [0.2, 0.25) is 0 Å². The lowest BCUT2D eigenvalue weighted by Crippen LogP contribution is -2.20. The molecule has 1 aliphatic carbocycles. The van der Waals surface area contributed by atoms with Gasteiger partial charge in [0.25, 0.3) is 0 Å². The Morgan fingerprint density at radius 1 is 1.38 bits per heavy atom. The van der Waals surface area contributed by atoms with Crippen LogP contribution < -0.4 is 0 Å². The molecule has 4 heteroatoms. The minimum absolute atomic E-state index is 0.584. The summed E-state index contributed by atoms with van der Waals surface area (Å²) in [6, 6.07) is 6.96. The Morgan fingerprint density at radius 3 is 3.00 bits per heavy atom. The molecule has 0 aliphatic heterocycles. The van der Waals surface area contributed by atoms with Gasteiger partial charge in [-0.25, -0.2) is 4.98 Å². The van der Waals surface area contributed by atoms with Crippen LogP contribution in [0.25, 0.3) is 11.0 Å². The van der Waals surface area contributed by atoms with E-state index in [0.29, 0.717) is 11.9 Å². The maximum atomic E-state index is 6.00. The summed E-state index contributed by atoms with van der Waals surface area (Å²) in [5, 5.41) is 0. The third-order valence-corrected chi connectivity index (χ3v) is 5.42. The van der Waals surface area contributed by atoms with Gasteiger partial charge >= 0.3 is 0 Å². The first-order valence-corrected chi connectivity index (χ1v) is 9.28. The summed E-state index contributed by atoms with van der Waals surface area (Å²) in [5.74, 6) is 2.64. The maximum absolute atomic E-state index is 6.00. The number of nitrogens with zero attached hydrogens (tertiary/aromatic N) is 2. The number of rotatable bonds is 4. The van der Waals surface area contributed by atoms with Gasteiger partial charge in [0, 0.05) is 22.8 Å². The molecule has 1 aromatic carbocycles. The molecule has 1 aliphatic rings. The minimum Gasteiger partial charge on any atom is -0.325 e. The van der Waals surface area contributed by atoms with E-state index >= 15 is 0 Å². The number of fused-ring (bicyclic) bond motifs is 1. The zero-order valence-corrected chi connectivity index (χ0v) is 14.8. The van der Waals surface area contributed by atoms with Gasteiger partial charge in [0.1, 0.15) is 5.82 Å². The molecule has 2 unspecified atom stereocenters. The highest BCUT2D eigenvalue weighted by molar-refractivity contribution is 9.10. The molecular weight excluding hydrogens is 348 g/mol. The lowest BCUT2D eigenvalue weighted by atomic mass is 9.84. The molecule has 1 heterocycles. The highest BCUT2D eigenvalue weighted by Crippen LogP contribution is 2.37. The van der Waals surface area contributed by atoms with Crippen LogP contribution in [0.3, 0.4) is 0 Å². The van der Waals surface area contributed by atoms with Crippen LogP contribution in [0, 0.1) is 5.92 Å². The van der Waals surface area contributed by atoms with Gasteiger partial charge in [-0.05, 0) is 37.0 Å². The van der Waals surface area contributed by atoms with Gasteiger partial charge in [-0.2, -0.15) is 0 Å². The summed E-state index contributed by atoms with van der Waals surface area (Å²) >= 11 is 9.60. The number of hydrogen-bond donors (Lipinski definition) is 0. The fraction of sp³-hybridized carbons (Fsp3) is 0.588. The SMILES string of the molecule is CCC1CCCC(n2c(CCCl)nc3ccc(Br)cc32)C1. The number of aryl methyl sites for hydroxylation is 1. The van der Waals surface area contributed by atoms with Crippen molar-refractivity contribution in [2.75, 3.05) is 5.88 Å². The molecule has 0 bridgehead atoms. The molecular formula is C17H22BrClN2. The average Bonchev–Trinajstić information content (AvgIpc) is 2.85. The topological polar surface area (TPSA) is 17.8 Å². The molecule has 0 N–H and O–H groups in total. The Balaban J connectivity index is 2.05. The Hall–Kier alpha value is -0.540. The summed E-state index contributed by atoms with van der Waals surface area (Å²) in [5.41, 5.74) is 2.35. The summed E-state index contributed by atoms with van der Waals surface area (Å²) in [6.45, 7) is 2.31. The Bertz CT molecular complexity index is 623. The van der Waals surface area contributed by atoms with Gasteiger partial charge in [-0.3, -0.25) is 0 Å². The molecule has 1 aromatic heterocycles. The molecule has 2 atom stereocenters. The molecule has 0 radical (unpaired) electrons. The van der Waals surface area contributed by atoms with E-state index in [-0.39, 0.29) is 0 Å². The molecule has 1 saturated carbocycles. The largest absolute Gasteiger partial charge is 0.325 e. The lowest BCUT2D eigenvalue weighted by molar-refractivity contribution is 0.262. The molecule has 2 nitrogen and oxygen atoms in total. The number of hydrogen-bond acceptors (Lipinski definition) is 1. The molecule has 3 rings (SSSR count). The highest BCUT2D eigenvalue weighted by atomic mass is 79.9. The van der Waals surface area contributed by atoms with Crippen molar-refractivity contribution in [1.82, 2.24) is 9.55 Å². The predicted octanol–water partition coefficient (Wildman–Crippen LogP) is 5.72. The fourth-order valence-corrected chi connectivity index (χ4v) is 4.17. The van der Waals surface area contributed by atoms with Crippen LogP contribution in [0.15, 0.2) is 22.7 Å². The first-order chi connectivity index (χ1) is 10.2. The van der Waals surface area contributed by atoms with Crippen molar-refractivity contribution in [3.63, 3.8) is 0 Å². The van der Waals surface area contributed by atoms with E-state index in [4.69, 9.17) is 16.6 Å². The Morgan fingerprint density at radius 2 is 2.24 bits per heavy atom. The Kier molecular flexibility index (Phi) is 4.90. The van der Waals surface area contributed by atoms with Crippen molar-refractivity contribution in [2.45, 2.75) is 51.5 Å². The van der Waals surface area contributed by atoms with E-state index in [2.05, 4.69) is 45.6 Å². The van der Waals surface area contributed by atoms with E-state index in [1.54, 1.807) is 0 Å². The van der Waals surface area contributed by atoms with Gasteiger partial charge in [0.15, 0.2) is 0 Å². The normalized spacial score (nSPS) is 22.8. The third-order valence-electron chi connectivity index (χ3n) is 4.74. The predicted molar refractivity (Wildman–Crippen MR) is 93.1 cm³/mol. The second kappa shape index (κ2) is 6.70. The molecule has 1 fully saturated rings. The van der Waals surface area contributed by atoms with Gasteiger partial charge < -0.3 is 4.57 Å².